The molecule has 0 saturated carbocycles. The predicted octanol–water partition coefficient (Wildman–Crippen LogP) is 6.72. The summed E-state index contributed by atoms with van der Waals surface area (Å²) in [6, 6.07) is 19.1. The van der Waals surface area contributed by atoms with Crippen molar-refractivity contribution in [2.45, 2.75) is 44.8 Å². The van der Waals surface area contributed by atoms with Gasteiger partial charge in [0.2, 0.25) is 15.9 Å². The Morgan fingerprint density at radius 1 is 0.950 bits per heavy atom. The number of hydrogen-bond acceptors (Lipinski definition) is 4. The summed E-state index contributed by atoms with van der Waals surface area (Å²) in [5.41, 5.74) is 3.17. The number of carbonyl (C=O) groups is 2. The topological polar surface area (TPSA) is 95.6 Å². The van der Waals surface area contributed by atoms with Crippen LogP contribution in [0.5, 0.6) is 0 Å². The lowest BCUT2D eigenvalue weighted by atomic mass is 9.87. The Hall–Kier alpha value is -2.91. The standard InChI is InChI=1S/C30H33Cl2N3O4S/c1-30(2,3)23-12-9-20(10-13-23)28(36)33-25-7-4-8-26(17-25)34-29(37)21-6-5-15-35(18-21)40(38,39)19-22-11-14-24(31)16-27(22)32/h4,7-14,16-17,21H,5-6,15,18-19H2,1-3H3,(H,33,36)(H,34,37)/t21-/m1/s1. The number of nitrogens with zero attached hydrogens (tertiary/aromatic N) is 1. The average molecular weight is 603 g/mol. The molecule has 1 atom stereocenters. The molecule has 7 nitrogen and oxygen atoms in total. The van der Waals surface area contributed by atoms with Gasteiger partial charge < -0.3 is 10.6 Å². The molecule has 1 fully saturated rings. The first kappa shape index (κ1) is 30.1. The van der Waals surface area contributed by atoms with Crippen molar-refractivity contribution in [2.24, 2.45) is 5.92 Å². The molecule has 1 heterocycles. The van der Waals surface area contributed by atoms with Gasteiger partial charge in [-0.25, -0.2) is 12.7 Å². The van der Waals surface area contributed by atoms with Crippen molar-refractivity contribution in [3.63, 3.8) is 0 Å². The zero-order valence-electron chi connectivity index (χ0n) is 22.7. The molecule has 4 rings (SSSR count). The first-order valence-corrected chi connectivity index (χ1v) is 15.4. The Balaban J connectivity index is 1.37. The van der Waals surface area contributed by atoms with Crippen LogP contribution in [0.4, 0.5) is 11.4 Å². The zero-order valence-corrected chi connectivity index (χ0v) is 25.0. The van der Waals surface area contributed by atoms with Gasteiger partial charge in [-0.2, -0.15) is 0 Å². The number of carbonyl (C=O) groups excluding carboxylic acids is 2. The van der Waals surface area contributed by atoms with Crippen LogP contribution in [0, 0.1) is 5.92 Å². The van der Waals surface area contributed by atoms with Crippen LogP contribution in [-0.4, -0.2) is 37.6 Å². The molecule has 0 aromatic heterocycles. The summed E-state index contributed by atoms with van der Waals surface area (Å²) in [6.45, 7) is 6.77. The molecule has 2 N–H and O–H groups in total. The lowest BCUT2D eigenvalue weighted by molar-refractivity contribution is -0.120. The lowest BCUT2D eigenvalue weighted by Crippen LogP contribution is -2.44. The second kappa shape index (κ2) is 12.3. The van der Waals surface area contributed by atoms with Gasteiger partial charge in [0.25, 0.3) is 5.91 Å². The van der Waals surface area contributed by atoms with Crippen LogP contribution in [0.2, 0.25) is 10.0 Å². The summed E-state index contributed by atoms with van der Waals surface area (Å²) in [5.74, 6) is -1.30. The second-order valence-electron chi connectivity index (χ2n) is 11.0. The molecule has 1 aliphatic heterocycles. The molecule has 40 heavy (non-hydrogen) atoms. The van der Waals surface area contributed by atoms with Crippen LogP contribution in [0.1, 0.15) is 55.1 Å². The third-order valence-corrected chi connectivity index (χ3v) is 9.28. The number of amides is 2. The predicted molar refractivity (Wildman–Crippen MR) is 162 cm³/mol. The summed E-state index contributed by atoms with van der Waals surface area (Å²) in [6.07, 6.45) is 1.14. The fourth-order valence-electron chi connectivity index (χ4n) is 4.58. The van der Waals surface area contributed by atoms with Crippen LogP contribution < -0.4 is 10.6 Å². The van der Waals surface area contributed by atoms with Crippen molar-refractivity contribution in [3.05, 3.63) is 93.5 Å². The molecule has 0 unspecified atom stereocenters. The average Bonchev–Trinajstić information content (AvgIpc) is 2.90. The minimum Gasteiger partial charge on any atom is -0.326 e. The monoisotopic (exact) mass is 601 g/mol. The van der Waals surface area contributed by atoms with Crippen LogP contribution in [0.25, 0.3) is 0 Å². The van der Waals surface area contributed by atoms with Gasteiger partial charge >= 0.3 is 0 Å². The summed E-state index contributed by atoms with van der Waals surface area (Å²) < 4.78 is 27.6. The third kappa shape index (κ3) is 7.63. The summed E-state index contributed by atoms with van der Waals surface area (Å²) >= 11 is 12.1. The highest BCUT2D eigenvalue weighted by molar-refractivity contribution is 7.88. The highest BCUT2D eigenvalue weighted by Gasteiger charge is 2.33. The quantitative estimate of drug-likeness (QED) is 0.314. The van der Waals surface area contributed by atoms with Crippen molar-refractivity contribution in [2.75, 3.05) is 23.7 Å². The molecule has 1 saturated heterocycles. The van der Waals surface area contributed by atoms with Crippen molar-refractivity contribution in [1.82, 2.24) is 4.31 Å². The number of rotatable bonds is 7. The molecule has 3 aromatic carbocycles. The fraction of sp³-hybridized carbons (Fsp3) is 0.333. The van der Waals surface area contributed by atoms with Crippen molar-refractivity contribution in [1.29, 1.82) is 0 Å². The Morgan fingerprint density at radius 2 is 1.62 bits per heavy atom. The number of nitrogens with one attached hydrogen (secondary N) is 2. The lowest BCUT2D eigenvalue weighted by Gasteiger charge is -2.31. The molecule has 0 bridgehead atoms. The highest BCUT2D eigenvalue weighted by Crippen LogP contribution is 2.27. The van der Waals surface area contributed by atoms with E-state index in [1.165, 1.54) is 10.4 Å². The van der Waals surface area contributed by atoms with Gasteiger partial charge in [-0.05, 0) is 71.8 Å². The van der Waals surface area contributed by atoms with E-state index in [2.05, 4.69) is 31.4 Å². The zero-order chi connectivity index (χ0) is 29.1. The first-order chi connectivity index (χ1) is 18.8. The first-order valence-electron chi connectivity index (χ1n) is 13.1. The van der Waals surface area contributed by atoms with Gasteiger partial charge in [-0.1, -0.05) is 68.2 Å². The Morgan fingerprint density at radius 3 is 2.27 bits per heavy atom. The largest absolute Gasteiger partial charge is 0.326 e. The maximum absolute atomic E-state index is 13.1. The molecule has 10 heteroatoms. The van der Waals surface area contributed by atoms with Gasteiger partial charge in [-0.3, -0.25) is 9.59 Å². The minimum atomic E-state index is -3.69. The van der Waals surface area contributed by atoms with E-state index in [4.69, 9.17) is 23.2 Å². The van der Waals surface area contributed by atoms with Crippen LogP contribution in [0.3, 0.4) is 0 Å². The van der Waals surface area contributed by atoms with Gasteiger partial charge in [0.1, 0.15) is 0 Å². The number of halogens is 2. The number of benzene rings is 3. The van der Waals surface area contributed by atoms with Crippen LogP contribution in [-0.2, 0) is 26.0 Å². The number of hydrogen-bond donors (Lipinski definition) is 2. The second-order valence-corrected chi connectivity index (χ2v) is 13.9. The van der Waals surface area contributed by atoms with Gasteiger partial charge in [-0.15, -0.1) is 0 Å². The molecule has 3 aromatic rings. The molecule has 0 aliphatic carbocycles. The van der Waals surface area contributed by atoms with E-state index in [9.17, 15) is 18.0 Å². The molecule has 212 valence electrons. The molecule has 0 spiro atoms. The minimum absolute atomic E-state index is 0.00842. The highest BCUT2D eigenvalue weighted by atomic mass is 35.5. The van der Waals surface area contributed by atoms with E-state index in [0.717, 1.165) is 5.56 Å². The van der Waals surface area contributed by atoms with Crippen molar-refractivity contribution < 1.29 is 18.0 Å². The van der Waals surface area contributed by atoms with E-state index in [1.54, 1.807) is 48.5 Å². The van der Waals surface area contributed by atoms with E-state index < -0.39 is 15.9 Å². The Labute approximate surface area is 245 Å². The summed E-state index contributed by atoms with van der Waals surface area (Å²) in [5, 5.41) is 6.47. The maximum atomic E-state index is 13.1. The van der Waals surface area contributed by atoms with Gasteiger partial charge in [0.05, 0.1) is 11.7 Å². The van der Waals surface area contributed by atoms with Crippen LogP contribution in [0.15, 0.2) is 66.7 Å². The Kier molecular flexibility index (Phi) is 9.25. The molecular weight excluding hydrogens is 569 g/mol. The SMILES string of the molecule is CC(C)(C)c1ccc(C(=O)Nc2cccc(NC(=O)[C@@H]3CCCN(S(=O)(=O)Cc4ccc(Cl)cc4Cl)C3)c2)cc1. The molecular formula is C30H33Cl2N3O4S. The number of sulfonamides is 1. The number of piperidine rings is 1. The van der Waals surface area contributed by atoms with Crippen LogP contribution >= 0.6 is 23.2 Å². The fourth-order valence-corrected chi connectivity index (χ4v) is 6.78. The maximum Gasteiger partial charge on any atom is 0.255 e. The van der Waals surface area contributed by atoms with Crippen molar-refractivity contribution in [3.8, 4) is 0 Å². The van der Waals surface area contributed by atoms with E-state index in [1.807, 2.05) is 12.1 Å². The van der Waals surface area contributed by atoms with Gasteiger partial charge in [0.15, 0.2) is 0 Å². The van der Waals surface area contributed by atoms with E-state index in [-0.39, 0.29) is 34.5 Å². The van der Waals surface area contributed by atoms with E-state index in [0.29, 0.717) is 46.9 Å². The van der Waals surface area contributed by atoms with Gasteiger partial charge in [0, 0.05) is 40.1 Å². The smallest absolute Gasteiger partial charge is 0.255 e. The van der Waals surface area contributed by atoms with E-state index >= 15 is 0 Å². The number of anilines is 2. The Bertz CT molecular complexity index is 1500. The van der Waals surface area contributed by atoms with Crippen molar-refractivity contribution >= 4 is 56.4 Å². The molecule has 0 radical (unpaired) electrons. The molecule has 2 amide bonds. The molecule has 1 aliphatic rings. The third-order valence-electron chi connectivity index (χ3n) is 6.90. The summed E-state index contributed by atoms with van der Waals surface area (Å²) in [4.78, 5) is 25.9. The summed E-state index contributed by atoms with van der Waals surface area (Å²) in [7, 11) is -3.69. The normalized spacial score (nSPS) is 16.4.